The number of aromatic carboxylic acids is 1. The molecule has 0 spiro atoms. The molecule has 7 nitrogen and oxygen atoms in total. The molecule has 1 fully saturated rings. The molecule has 23 heavy (non-hydrogen) atoms. The number of rotatable bonds is 6. The Morgan fingerprint density at radius 2 is 2.17 bits per heavy atom. The molecule has 1 aromatic heterocycles. The van der Waals surface area contributed by atoms with Crippen molar-refractivity contribution in [2.45, 2.75) is 24.8 Å². The van der Waals surface area contributed by atoms with Crippen LogP contribution in [0.2, 0.25) is 5.02 Å². The van der Waals surface area contributed by atoms with Crippen LogP contribution in [0.25, 0.3) is 0 Å². The van der Waals surface area contributed by atoms with Crippen LogP contribution >= 0.6 is 11.6 Å². The minimum Gasteiger partial charge on any atom is -0.476 e. The quantitative estimate of drug-likeness (QED) is 0.834. The molecular formula is C15H15ClN4O3. The number of carbonyl (C=O) groups excluding carboxylic acids is 1. The lowest BCUT2D eigenvalue weighted by Crippen LogP contribution is -2.34. The van der Waals surface area contributed by atoms with Crippen LogP contribution in [-0.4, -0.2) is 38.5 Å². The van der Waals surface area contributed by atoms with Gasteiger partial charge in [0, 0.05) is 17.0 Å². The van der Waals surface area contributed by atoms with Gasteiger partial charge in [0.1, 0.15) is 6.54 Å². The van der Waals surface area contributed by atoms with Crippen molar-refractivity contribution in [1.29, 1.82) is 0 Å². The summed E-state index contributed by atoms with van der Waals surface area (Å²) >= 11 is 6.02. The van der Waals surface area contributed by atoms with Crippen molar-refractivity contribution in [3.8, 4) is 0 Å². The average Bonchev–Trinajstić information content (AvgIpc) is 3.17. The van der Waals surface area contributed by atoms with Crippen LogP contribution < -0.4 is 5.32 Å². The number of nitrogens with one attached hydrogen (secondary N) is 1. The van der Waals surface area contributed by atoms with Crippen LogP contribution in [0.15, 0.2) is 30.5 Å². The van der Waals surface area contributed by atoms with Crippen molar-refractivity contribution in [3.05, 3.63) is 46.7 Å². The summed E-state index contributed by atoms with van der Waals surface area (Å²) < 4.78 is 1.21. The van der Waals surface area contributed by atoms with Crippen LogP contribution in [0, 0.1) is 0 Å². The lowest BCUT2D eigenvalue weighted by atomic mass is 9.96. The highest BCUT2D eigenvalue weighted by Crippen LogP contribution is 2.48. The van der Waals surface area contributed by atoms with Gasteiger partial charge in [-0.25, -0.2) is 9.48 Å². The third-order valence-electron chi connectivity index (χ3n) is 3.98. The van der Waals surface area contributed by atoms with Gasteiger partial charge < -0.3 is 10.4 Å². The molecule has 0 atom stereocenters. The molecule has 1 aromatic carbocycles. The van der Waals surface area contributed by atoms with Crippen molar-refractivity contribution < 1.29 is 14.7 Å². The lowest BCUT2D eigenvalue weighted by molar-refractivity contribution is -0.122. The summed E-state index contributed by atoms with van der Waals surface area (Å²) in [7, 11) is 0. The zero-order valence-corrected chi connectivity index (χ0v) is 13.0. The van der Waals surface area contributed by atoms with Crippen molar-refractivity contribution in [1.82, 2.24) is 20.3 Å². The molecule has 8 heteroatoms. The second-order valence-electron chi connectivity index (χ2n) is 5.67. The van der Waals surface area contributed by atoms with E-state index in [1.54, 1.807) is 0 Å². The maximum Gasteiger partial charge on any atom is 0.358 e. The highest BCUT2D eigenvalue weighted by molar-refractivity contribution is 6.30. The van der Waals surface area contributed by atoms with Crippen LogP contribution in [-0.2, 0) is 16.8 Å². The molecule has 3 rings (SSSR count). The van der Waals surface area contributed by atoms with Gasteiger partial charge in [0.2, 0.25) is 5.91 Å². The lowest BCUT2D eigenvalue weighted by Gasteiger charge is -2.17. The topological polar surface area (TPSA) is 97.1 Å². The second kappa shape index (κ2) is 6.00. The van der Waals surface area contributed by atoms with Crippen LogP contribution in [0.5, 0.6) is 0 Å². The van der Waals surface area contributed by atoms with E-state index in [0.717, 1.165) is 18.4 Å². The van der Waals surface area contributed by atoms with Gasteiger partial charge in [-0.1, -0.05) is 28.9 Å². The molecule has 0 radical (unpaired) electrons. The number of carbonyl (C=O) groups is 2. The van der Waals surface area contributed by atoms with Gasteiger partial charge in [0.25, 0.3) is 0 Å². The molecular weight excluding hydrogens is 320 g/mol. The summed E-state index contributed by atoms with van der Waals surface area (Å²) in [6, 6.07) is 7.67. The van der Waals surface area contributed by atoms with Crippen LogP contribution in [0.4, 0.5) is 0 Å². The highest BCUT2D eigenvalue weighted by Gasteiger charge is 2.44. The summed E-state index contributed by atoms with van der Waals surface area (Å²) in [5.74, 6) is -1.41. The molecule has 1 aliphatic carbocycles. The number of aromatic nitrogens is 3. The summed E-state index contributed by atoms with van der Waals surface area (Å²) in [6.07, 6.45) is 3.23. The molecule has 1 aliphatic rings. The Morgan fingerprint density at radius 3 is 2.78 bits per heavy atom. The number of carboxylic acid groups (broad SMARTS) is 1. The van der Waals surface area contributed by atoms with E-state index in [1.165, 1.54) is 10.9 Å². The monoisotopic (exact) mass is 334 g/mol. The number of hydrogen-bond acceptors (Lipinski definition) is 4. The predicted molar refractivity (Wildman–Crippen MR) is 82.4 cm³/mol. The summed E-state index contributed by atoms with van der Waals surface area (Å²) in [5.41, 5.74) is 0.893. The largest absolute Gasteiger partial charge is 0.476 e. The Morgan fingerprint density at radius 1 is 1.39 bits per heavy atom. The summed E-state index contributed by atoms with van der Waals surface area (Å²) in [6.45, 7) is 0.457. The molecule has 1 heterocycles. The van der Waals surface area contributed by atoms with Crippen molar-refractivity contribution in [2.75, 3.05) is 6.54 Å². The Hall–Kier alpha value is -2.41. The summed E-state index contributed by atoms with van der Waals surface area (Å²) in [5, 5.41) is 19.4. The Kier molecular flexibility index (Phi) is 4.04. The van der Waals surface area contributed by atoms with E-state index < -0.39 is 5.97 Å². The van der Waals surface area contributed by atoms with Crippen molar-refractivity contribution >= 4 is 23.5 Å². The van der Waals surface area contributed by atoms with E-state index in [2.05, 4.69) is 15.6 Å². The maximum atomic E-state index is 12.0. The zero-order valence-electron chi connectivity index (χ0n) is 12.2. The van der Waals surface area contributed by atoms with Gasteiger partial charge in [-0.05, 0) is 30.5 Å². The molecule has 1 amide bonds. The SMILES string of the molecule is O=C(Cn1cc(C(=O)O)nn1)NCC1(c2cccc(Cl)c2)CC1. The molecule has 2 aromatic rings. The number of halogens is 1. The maximum absolute atomic E-state index is 12.0. The van der Waals surface area contributed by atoms with Gasteiger partial charge in [-0.2, -0.15) is 0 Å². The summed E-state index contributed by atoms with van der Waals surface area (Å²) in [4.78, 5) is 22.7. The normalized spacial score (nSPS) is 15.2. The molecule has 120 valence electrons. The fourth-order valence-corrected chi connectivity index (χ4v) is 2.67. The highest BCUT2D eigenvalue weighted by atomic mass is 35.5. The third-order valence-corrected chi connectivity index (χ3v) is 4.21. The predicted octanol–water partition coefficient (Wildman–Crippen LogP) is 1.48. The standard InChI is InChI=1S/C15H15ClN4O3/c16-11-3-1-2-10(6-11)15(4-5-15)9-17-13(21)8-20-7-12(14(22)23)18-19-20/h1-3,6-7H,4-5,8-9H2,(H,17,21)(H,22,23). The fraction of sp³-hybridized carbons (Fsp3) is 0.333. The number of hydrogen-bond donors (Lipinski definition) is 2. The van der Waals surface area contributed by atoms with Gasteiger partial charge in [0.05, 0.1) is 6.20 Å². The van der Waals surface area contributed by atoms with Crippen molar-refractivity contribution in [3.63, 3.8) is 0 Å². The van der Waals surface area contributed by atoms with Crippen LogP contribution in [0.3, 0.4) is 0 Å². The van der Waals surface area contributed by atoms with Gasteiger partial charge >= 0.3 is 5.97 Å². The smallest absolute Gasteiger partial charge is 0.358 e. The Bertz CT molecular complexity index is 755. The van der Waals surface area contributed by atoms with E-state index in [0.29, 0.717) is 11.6 Å². The number of nitrogens with zero attached hydrogens (tertiary/aromatic N) is 3. The van der Waals surface area contributed by atoms with Gasteiger partial charge in [-0.3, -0.25) is 4.79 Å². The first-order chi connectivity index (χ1) is 11.0. The number of carboxylic acids is 1. The minimum atomic E-state index is -1.17. The van der Waals surface area contributed by atoms with E-state index in [-0.39, 0.29) is 23.6 Å². The number of benzene rings is 1. The van der Waals surface area contributed by atoms with Gasteiger partial charge in [-0.15, -0.1) is 5.10 Å². The first kappa shape index (κ1) is 15.5. The first-order valence-corrected chi connectivity index (χ1v) is 7.52. The molecule has 0 saturated heterocycles. The van der Waals surface area contributed by atoms with Crippen LogP contribution in [0.1, 0.15) is 28.9 Å². The minimum absolute atomic E-state index is 0.0465. The average molecular weight is 335 g/mol. The zero-order chi connectivity index (χ0) is 16.4. The molecule has 0 bridgehead atoms. The third kappa shape index (κ3) is 3.50. The van der Waals surface area contributed by atoms with Crippen molar-refractivity contribution in [2.24, 2.45) is 0 Å². The Labute approximate surface area is 137 Å². The van der Waals surface area contributed by atoms with E-state index in [9.17, 15) is 9.59 Å². The molecule has 2 N–H and O–H groups in total. The second-order valence-corrected chi connectivity index (χ2v) is 6.11. The molecule has 0 aliphatic heterocycles. The van der Waals surface area contributed by atoms with E-state index in [4.69, 9.17) is 16.7 Å². The molecule has 1 saturated carbocycles. The fourth-order valence-electron chi connectivity index (χ4n) is 2.48. The molecule has 0 unspecified atom stereocenters. The van der Waals surface area contributed by atoms with E-state index in [1.807, 2.05) is 24.3 Å². The van der Waals surface area contributed by atoms with Gasteiger partial charge in [0.15, 0.2) is 5.69 Å². The van der Waals surface area contributed by atoms with E-state index >= 15 is 0 Å². The number of amides is 1. The Balaban J connectivity index is 1.57. The first-order valence-electron chi connectivity index (χ1n) is 7.15.